The van der Waals surface area contributed by atoms with E-state index in [4.69, 9.17) is 23.2 Å². The summed E-state index contributed by atoms with van der Waals surface area (Å²) < 4.78 is 2.85. The zero-order chi connectivity index (χ0) is 20.5. The summed E-state index contributed by atoms with van der Waals surface area (Å²) in [5, 5.41) is 7.15. The third-order valence-corrected chi connectivity index (χ3v) is 5.50. The van der Waals surface area contributed by atoms with Gasteiger partial charge in [-0.05, 0) is 60.7 Å². The van der Waals surface area contributed by atoms with Crippen LogP contribution in [0.3, 0.4) is 0 Å². The normalized spacial score (nSPS) is 10.9. The first kappa shape index (κ1) is 19.8. The Labute approximate surface area is 185 Å². The minimum Gasteiger partial charge on any atom is -0.324 e. The van der Waals surface area contributed by atoms with E-state index < -0.39 is 0 Å². The molecule has 0 aliphatic heterocycles. The van der Waals surface area contributed by atoms with Crippen LogP contribution in [0, 0.1) is 0 Å². The quantitative estimate of drug-likeness (QED) is 0.337. The standard InChI is InChI=1S/C21H15BrCl2N4O/c1-28-19-9-2-12(20(29)25-15-6-3-13(22)4-7-15)10-18(19)27-21(28)26-17-8-5-14(23)11-16(17)24/h2-11H,1H3,(H,25,29)(H,26,27). The molecular formula is C21H15BrCl2N4O. The number of hydrogen-bond acceptors (Lipinski definition) is 3. The van der Waals surface area contributed by atoms with Crippen molar-refractivity contribution in [3.05, 3.63) is 80.7 Å². The average molecular weight is 490 g/mol. The van der Waals surface area contributed by atoms with Crippen LogP contribution < -0.4 is 10.6 Å². The fourth-order valence-corrected chi connectivity index (χ4v) is 3.62. The van der Waals surface area contributed by atoms with Crippen molar-refractivity contribution in [2.45, 2.75) is 0 Å². The Kier molecular flexibility index (Phi) is 5.50. The van der Waals surface area contributed by atoms with Gasteiger partial charge in [0.15, 0.2) is 0 Å². The number of anilines is 3. The van der Waals surface area contributed by atoms with Gasteiger partial charge in [0, 0.05) is 27.8 Å². The van der Waals surface area contributed by atoms with Gasteiger partial charge in [0.2, 0.25) is 5.95 Å². The van der Waals surface area contributed by atoms with E-state index in [0.717, 1.165) is 15.7 Å². The number of imidazole rings is 1. The second kappa shape index (κ2) is 8.06. The van der Waals surface area contributed by atoms with E-state index in [0.29, 0.717) is 32.8 Å². The van der Waals surface area contributed by atoms with Gasteiger partial charge in [-0.15, -0.1) is 0 Å². The first-order valence-electron chi connectivity index (χ1n) is 8.66. The number of aromatic nitrogens is 2. The molecule has 29 heavy (non-hydrogen) atoms. The Balaban J connectivity index is 1.61. The van der Waals surface area contributed by atoms with Crippen molar-refractivity contribution in [1.82, 2.24) is 9.55 Å². The van der Waals surface area contributed by atoms with Gasteiger partial charge in [0.25, 0.3) is 5.91 Å². The molecule has 0 bridgehead atoms. The zero-order valence-electron chi connectivity index (χ0n) is 15.2. The van der Waals surface area contributed by atoms with E-state index in [-0.39, 0.29) is 5.91 Å². The van der Waals surface area contributed by atoms with E-state index in [1.165, 1.54) is 0 Å². The fourth-order valence-electron chi connectivity index (χ4n) is 2.90. The first-order chi connectivity index (χ1) is 13.9. The Morgan fingerprint density at radius 2 is 1.79 bits per heavy atom. The second-order valence-electron chi connectivity index (χ2n) is 6.41. The predicted molar refractivity (Wildman–Crippen MR) is 123 cm³/mol. The highest BCUT2D eigenvalue weighted by atomic mass is 79.9. The number of carbonyl (C=O) groups excluding carboxylic acids is 1. The molecular weight excluding hydrogens is 475 g/mol. The molecule has 5 nitrogen and oxygen atoms in total. The SMILES string of the molecule is Cn1c(Nc2ccc(Cl)cc2Cl)nc2cc(C(=O)Nc3ccc(Br)cc3)ccc21. The third kappa shape index (κ3) is 4.24. The third-order valence-electron chi connectivity index (χ3n) is 4.42. The number of nitrogens with one attached hydrogen (secondary N) is 2. The van der Waals surface area contributed by atoms with Gasteiger partial charge in [-0.3, -0.25) is 4.79 Å². The number of halogens is 3. The highest BCUT2D eigenvalue weighted by Gasteiger charge is 2.13. The van der Waals surface area contributed by atoms with Crippen LogP contribution in [0.1, 0.15) is 10.4 Å². The molecule has 0 aliphatic carbocycles. The summed E-state index contributed by atoms with van der Waals surface area (Å²) in [7, 11) is 1.89. The van der Waals surface area contributed by atoms with Crippen LogP contribution in [-0.2, 0) is 7.05 Å². The second-order valence-corrected chi connectivity index (χ2v) is 8.17. The minimum absolute atomic E-state index is 0.199. The van der Waals surface area contributed by atoms with Gasteiger partial charge in [0.1, 0.15) is 0 Å². The minimum atomic E-state index is -0.199. The number of carbonyl (C=O) groups is 1. The number of amides is 1. The van der Waals surface area contributed by atoms with Crippen LogP contribution in [0.4, 0.5) is 17.3 Å². The molecule has 146 valence electrons. The molecule has 0 unspecified atom stereocenters. The molecule has 0 spiro atoms. The molecule has 0 atom stereocenters. The molecule has 1 amide bonds. The molecule has 4 aromatic rings. The summed E-state index contributed by atoms with van der Waals surface area (Å²) in [6, 6.07) is 18.0. The molecule has 1 heterocycles. The Hall–Kier alpha value is -2.54. The van der Waals surface area contributed by atoms with Crippen molar-refractivity contribution in [2.24, 2.45) is 7.05 Å². The largest absolute Gasteiger partial charge is 0.324 e. The molecule has 0 radical (unpaired) electrons. The van der Waals surface area contributed by atoms with Crippen molar-refractivity contribution in [3.63, 3.8) is 0 Å². The lowest BCUT2D eigenvalue weighted by atomic mass is 10.2. The van der Waals surface area contributed by atoms with E-state index >= 15 is 0 Å². The van der Waals surface area contributed by atoms with E-state index in [1.807, 2.05) is 41.9 Å². The molecule has 0 aliphatic rings. The van der Waals surface area contributed by atoms with Crippen molar-refractivity contribution in [3.8, 4) is 0 Å². The summed E-state index contributed by atoms with van der Waals surface area (Å²) in [6.07, 6.45) is 0. The topological polar surface area (TPSA) is 59.0 Å². The summed E-state index contributed by atoms with van der Waals surface area (Å²) in [4.78, 5) is 17.2. The smallest absolute Gasteiger partial charge is 0.255 e. The molecule has 8 heteroatoms. The maximum Gasteiger partial charge on any atom is 0.255 e. The number of fused-ring (bicyclic) bond motifs is 1. The number of nitrogens with zero attached hydrogens (tertiary/aromatic N) is 2. The molecule has 1 aromatic heterocycles. The Bertz CT molecular complexity index is 1220. The van der Waals surface area contributed by atoms with Crippen molar-refractivity contribution < 1.29 is 4.79 Å². The maximum absolute atomic E-state index is 12.6. The lowest BCUT2D eigenvalue weighted by Gasteiger charge is -2.08. The van der Waals surface area contributed by atoms with Gasteiger partial charge in [-0.25, -0.2) is 4.98 Å². The highest BCUT2D eigenvalue weighted by Crippen LogP contribution is 2.29. The fraction of sp³-hybridized carbons (Fsp3) is 0.0476. The van der Waals surface area contributed by atoms with Gasteiger partial charge < -0.3 is 15.2 Å². The van der Waals surface area contributed by atoms with Crippen molar-refractivity contribution >= 4 is 73.4 Å². The number of aryl methyl sites for hydroxylation is 1. The Morgan fingerprint density at radius 1 is 1.03 bits per heavy atom. The van der Waals surface area contributed by atoms with Crippen molar-refractivity contribution in [2.75, 3.05) is 10.6 Å². The van der Waals surface area contributed by atoms with Crippen LogP contribution in [0.15, 0.2) is 65.1 Å². The van der Waals surface area contributed by atoms with Crippen LogP contribution >= 0.6 is 39.1 Å². The molecule has 2 N–H and O–H groups in total. The zero-order valence-corrected chi connectivity index (χ0v) is 18.3. The monoisotopic (exact) mass is 488 g/mol. The van der Waals surface area contributed by atoms with Gasteiger partial charge >= 0.3 is 0 Å². The summed E-state index contributed by atoms with van der Waals surface area (Å²) in [5.41, 5.74) is 3.53. The first-order valence-corrected chi connectivity index (χ1v) is 10.2. The van der Waals surface area contributed by atoms with E-state index in [1.54, 1.807) is 30.3 Å². The number of hydrogen-bond donors (Lipinski definition) is 2. The van der Waals surface area contributed by atoms with Crippen molar-refractivity contribution in [1.29, 1.82) is 0 Å². The lowest BCUT2D eigenvalue weighted by Crippen LogP contribution is -2.11. The van der Waals surface area contributed by atoms with Crippen LogP contribution in [-0.4, -0.2) is 15.5 Å². The molecule has 0 fully saturated rings. The van der Waals surface area contributed by atoms with Crippen LogP contribution in [0.25, 0.3) is 11.0 Å². The van der Waals surface area contributed by atoms with Crippen LogP contribution in [0.2, 0.25) is 10.0 Å². The van der Waals surface area contributed by atoms with Gasteiger partial charge in [-0.1, -0.05) is 39.1 Å². The highest BCUT2D eigenvalue weighted by molar-refractivity contribution is 9.10. The summed E-state index contributed by atoms with van der Waals surface area (Å²) in [6.45, 7) is 0. The summed E-state index contributed by atoms with van der Waals surface area (Å²) in [5.74, 6) is 0.407. The molecule has 0 saturated carbocycles. The molecule has 4 rings (SSSR count). The number of rotatable bonds is 4. The molecule has 3 aromatic carbocycles. The van der Waals surface area contributed by atoms with Gasteiger partial charge in [0.05, 0.1) is 21.7 Å². The number of benzene rings is 3. The lowest BCUT2D eigenvalue weighted by molar-refractivity contribution is 0.102. The average Bonchev–Trinajstić information content (AvgIpc) is 3.01. The van der Waals surface area contributed by atoms with E-state index in [9.17, 15) is 4.79 Å². The van der Waals surface area contributed by atoms with Gasteiger partial charge in [-0.2, -0.15) is 0 Å². The van der Waals surface area contributed by atoms with Crippen LogP contribution in [0.5, 0.6) is 0 Å². The maximum atomic E-state index is 12.6. The summed E-state index contributed by atoms with van der Waals surface area (Å²) >= 11 is 15.6. The predicted octanol–water partition coefficient (Wildman–Crippen LogP) is 6.64. The Morgan fingerprint density at radius 3 is 2.52 bits per heavy atom. The van der Waals surface area contributed by atoms with E-state index in [2.05, 4.69) is 31.5 Å². The molecule has 0 saturated heterocycles.